The summed E-state index contributed by atoms with van der Waals surface area (Å²) in [5.41, 5.74) is 0. The normalized spacial score (nSPS) is 20.6. The van der Waals surface area contributed by atoms with E-state index in [4.69, 9.17) is 4.74 Å². The van der Waals surface area contributed by atoms with Crippen molar-refractivity contribution in [2.75, 3.05) is 60.5 Å². The van der Waals surface area contributed by atoms with Crippen molar-refractivity contribution in [2.45, 2.75) is 26.4 Å². The van der Waals surface area contributed by atoms with E-state index >= 15 is 0 Å². The molecule has 0 bridgehead atoms. The molecule has 0 radical (unpaired) electrons. The third kappa shape index (κ3) is 6.20. The van der Waals surface area contributed by atoms with Crippen molar-refractivity contribution in [1.82, 2.24) is 14.7 Å². The number of hydrogen-bond acceptors (Lipinski definition) is 4. The average molecular weight is 285 g/mol. The summed E-state index contributed by atoms with van der Waals surface area (Å²) in [4.78, 5) is 18.4. The number of morpholine rings is 1. The Bertz CT molecular complexity index is 295. The third-order valence-electron chi connectivity index (χ3n) is 3.65. The first-order chi connectivity index (χ1) is 9.40. The Labute approximate surface area is 123 Å². The smallest absolute Gasteiger partial charge is 0.224 e. The molecule has 0 spiro atoms. The van der Waals surface area contributed by atoms with E-state index in [-0.39, 0.29) is 17.9 Å². The fraction of sp³-hybridized carbons (Fsp3) is 0.933. The fourth-order valence-corrected chi connectivity index (χ4v) is 2.54. The largest absolute Gasteiger partial charge is 0.374 e. The van der Waals surface area contributed by atoms with E-state index in [2.05, 4.69) is 23.9 Å². The number of nitrogens with zero attached hydrogens (tertiary/aromatic N) is 3. The van der Waals surface area contributed by atoms with E-state index in [1.165, 1.54) is 6.42 Å². The first-order valence-corrected chi connectivity index (χ1v) is 7.63. The number of likely N-dealkylation sites (N-methyl/N-ethyl adjacent to an activating group) is 1. The van der Waals surface area contributed by atoms with Crippen LogP contribution in [0.5, 0.6) is 0 Å². The Kier molecular flexibility index (Phi) is 7.48. The molecule has 0 N–H and O–H groups in total. The summed E-state index contributed by atoms with van der Waals surface area (Å²) in [5.74, 6) is 0.248. The van der Waals surface area contributed by atoms with Crippen LogP contribution in [0.25, 0.3) is 0 Å². The van der Waals surface area contributed by atoms with Crippen LogP contribution < -0.4 is 0 Å². The predicted octanol–water partition coefficient (Wildman–Crippen LogP) is 0.753. The molecule has 1 aliphatic rings. The molecule has 0 aromatic carbocycles. The van der Waals surface area contributed by atoms with Gasteiger partial charge in [-0.2, -0.15) is 0 Å². The monoisotopic (exact) mass is 285 g/mol. The Morgan fingerprint density at radius 1 is 1.35 bits per heavy atom. The fourth-order valence-electron chi connectivity index (χ4n) is 2.54. The SMILES string of the molecule is CC(C)C(=O)N(C)C[C@@H]1CN(CCCN(C)C)CCO1. The minimum atomic E-state index is 0.0554. The van der Waals surface area contributed by atoms with Crippen molar-refractivity contribution in [2.24, 2.45) is 5.92 Å². The Balaban J connectivity index is 2.31. The lowest BCUT2D eigenvalue weighted by Gasteiger charge is -2.35. The van der Waals surface area contributed by atoms with Crippen molar-refractivity contribution in [3.8, 4) is 0 Å². The molecule has 0 unspecified atom stereocenters. The number of carbonyl (C=O) groups excluding carboxylic acids is 1. The van der Waals surface area contributed by atoms with Gasteiger partial charge in [-0.1, -0.05) is 13.8 Å². The minimum Gasteiger partial charge on any atom is -0.374 e. The predicted molar refractivity (Wildman–Crippen MR) is 81.8 cm³/mol. The lowest BCUT2D eigenvalue weighted by atomic mass is 10.1. The average Bonchev–Trinajstić information content (AvgIpc) is 2.37. The van der Waals surface area contributed by atoms with Gasteiger partial charge in [-0.05, 0) is 33.6 Å². The van der Waals surface area contributed by atoms with E-state index < -0.39 is 0 Å². The van der Waals surface area contributed by atoms with Gasteiger partial charge >= 0.3 is 0 Å². The zero-order valence-electron chi connectivity index (χ0n) is 13.8. The van der Waals surface area contributed by atoms with Gasteiger partial charge in [0.1, 0.15) is 0 Å². The van der Waals surface area contributed by atoms with E-state index in [9.17, 15) is 4.79 Å². The topological polar surface area (TPSA) is 36.0 Å². The quantitative estimate of drug-likeness (QED) is 0.692. The summed E-state index contributed by atoms with van der Waals surface area (Å²) in [6, 6.07) is 0. The maximum atomic E-state index is 11.9. The van der Waals surface area contributed by atoms with Crippen LogP contribution in [0.2, 0.25) is 0 Å². The standard InChI is InChI=1S/C15H31N3O2/c1-13(2)15(19)17(5)11-14-12-18(9-10-20-14)8-6-7-16(3)4/h13-14H,6-12H2,1-5H3/t14-/m1/s1. The molecule has 118 valence electrons. The summed E-state index contributed by atoms with van der Waals surface area (Å²) in [5, 5.41) is 0. The molecule has 0 aliphatic carbocycles. The molecule has 0 aromatic heterocycles. The van der Waals surface area contributed by atoms with Gasteiger partial charge in [-0.15, -0.1) is 0 Å². The van der Waals surface area contributed by atoms with Crippen LogP contribution in [-0.2, 0) is 9.53 Å². The van der Waals surface area contributed by atoms with Gasteiger partial charge in [-0.25, -0.2) is 0 Å². The Morgan fingerprint density at radius 2 is 2.05 bits per heavy atom. The highest BCUT2D eigenvalue weighted by atomic mass is 16.5. The molecule has 1 aliphatic heterocycles. The summed E-state index contributed by atoms with van der Waals surface area (Å²) >= 11 is 0. The first kappa shape index (κ1) is 17.4. The second kappa shape index (κ2) is 8.60. The maximum absolute atomic E-state index is 11.9. The number of carbonyl (C=O) groups is 1. The molecule has 0 aromatic rings. The first-order valence-electron chi connectivity index (χ1n) is 7.63. The summed E-state index contributed by atoms with van der Waals surface area (Å²) in [6.45, 7) is 9.52. The van der Waals surface area contributed by atoms with Gasteiger partial charge in [0.05, 0.1) is 12.7 Å². The molecule has 1 saturated heterocycles. The molecule has 5 nitrogen and oxygen atoms in total. The van der Waals surface area contributed by atoms with E-state index in [1.807, 2.05) is 20.9 Å². The Morgan fingerprint density at radius 3 is 2.65 bits per heavy atom. The number of ether oxygens (including phenoxy) is 1. The zero-order valence-corrected chi connectivity index (χ0v) is 13.8. The van der Waals surface area contributed by atoms with Gasteiger partial charge < -0.3 is 14.5 Å². The second-order valence-electron chi connectivity index (χ2n) is 6.32. The van der Waals surface area contributed by atoms with Crippen molar-refractivity contribution in [3.63, 3.8) is 0 Å². The number of amides is 1. The molecule has 1 fully saturated rings. The molecule has 1 amide bonds. The highest BCUT2D eigenvalue weighted by molar-refractivity contribution is 5.77. The summed E-state index contributed by atoms with van der Waals surface area (Å²) in [6.07, 6.45) is 1.33. The van der Waals surface area contributed by atoms with E-state index in [0.29, 0.717) is 6.54 Å². The molecular formula is C15H31N3O2. The number of hydrogen-bond donors (Lipinski definition) is 0. The third-order valence-corrected chi connectivity index (χ3v) is 3.65. The van der Waals surface area contributed by atoms with Gasteiger partial charge in [0.2, 0.25) is 5.91 Å². The van der Waals surface area contributed by atoms with Crippen LogP contribution in [0, 0.1) is 5.92 Å². The highest BCUT2D eigenvalue weighted by Gasteiger charge is 2.23. The molecule has 1 heterocycles. The van der Waals surface area contributed by atoms with E-state index in [1.54, 1.807) is 4.90 Å². The molecule has 20 heavy (non-hydrogen) atoms. The van der Waals surface area contributed by atoms with Crippen molar-refractivity contribution < 1.29 is 9.53 Å². The number of rotatable bonds is 7. The minimum absolute atomic E-state index is 0.0554. The van der Waals surface area contributed by atoms with Gasteiger partial charge in [0.15, 0.2) is 0 Å². The van der Waals surface area contributed by atoms with Crippen LogP contribution in [0.1, 0.15) is 20.3 Å². The lowest BCUT2D eigenvalue weighted by Crippen LogP contribution is -2.48. The highest BCUT2D eigenvalue weighted by Crippen LogP contribution is 2.09. The molecule has 1 rings (SSSR count). The summed E-state index contributed by atoms with van der Waals surface area (Å²) < 4.78 is 5.79. The van der Waals surface area contributed by atoms with Gasteiger partial charge in [0, 0.05) is 32.6 Å². The lowest BCUT2D eigenvalue weighted by molar-refractivity contribution is -0.136. The second-order valence-corrected chi connectivity index (χ2v) is 6.32. The summed E-state index contributed by atoms with van der Waals surface area (Å²) in [7, 11) is 6.08. The zero-order chi connectivity index (χ0) is 15.1. The van der Waals surface area contributed by atoms with Crippen molar-refractivity contribution in [3.05, 3.63) is 0 Å². The van der Waals surface area contributed by atoms with Crippen LogP contribution in [0.15, 0.2) is 0 Å². The molecular weight excluding hydrogens is 254 g/mol. The van der Waals surface area contributed by atoms with Crippen LogP contribution >= 0.6 is 0 Å². The molecule has 0 saturated carbocycles. The van der Waals surface area contributed by atoms with Crippen molar-refractivity contribution >= 4 is 5.91 Å². The van der Waals surface area contributed by atoms with E-state index in [0.717, 1.165) is 32.8 Å². The maximum Gasteiger partial charge on any atom is 0.224 e. The van der Waals surface area contributed by atoms with Crippen molar-refractivity contribution in [1.29, 1.82) is 0 Å². The van der Waals surface area contributed by atoms with Gasteiger partial charge in [0.25, 0.3) is 0 Å². The molecule has 5 heteroatoms. The molecule has 1 atom stereocenters. The van der Waals surface area contributed by atoms with Gasteiger partial charge in [-0.3, -0.25) is 9.69 Å². The Hall–Kier alpha value is -0.650. The van der Waals surface area contributed by atoms with Crippen LogP contribution in [0.4, 0.5) is 0 Å². The van der Waals surface area contributed by atoms with Crippen LogP contribution in [-0.4, -0.2) is 87.2 Å². The van der Waals surface area contributed by atoms with Crippen LogP contribution in [0.3, 0.4) is 0 Å².